The van der Waals surface area contributed by atoms with Gasteiger partial charge in [0.15, 0.2) is 0 Å². The molecular formula is C18H21BrO. The average Bonchev–Trinajstić information content (AvgIpc) is 2.38. The fourth-order valence-corrected chi connectivity index (χ4v) is 2.77. The Morgan fingerprint density at radius 2 is 1.60 bits per heavy atom. The second kappa shape index (κ2) is 6.11. The summed E-state index contributed by atoms with van der Waals surface area (Å²) < 4.78 is 0.957. The van der Waals surface area contributed by atoms with Gasteiger partial charge in [-0.05, 0) is 28.2 Å². The topological polar surface area (TPSA) is 20.2 Å². The molecule has 0 bridgehead atoms. The lowest BCUT2D eigenvalue weighted by Gasteiger charge is -2.19. The molecule has 1 nitrogen and oxygen atoms in total. The lowest BCUT2D eigenvalue weighted by Crippen LogP contribution is -2.11. The molecule has 2 aromatic carbocycles. The fourth-order valence-electron chi connectivity index (χ4n) is 2.22. The summed E-state index contributed by atoms with van der Waals surface area (Å²) in [5.41, 5.74) is 3.57. The van der Waals surface area contributed by atoms with Crippen molar-refractivity contribution in [3.8, 4) is 0 Å². The number of hydrogen-bond acceptors (Lipinski definition) is 1. The van der Waals surface area contributed by atoms with Gasteiger partial charge in [-0.3, -0.25) is 0 Å². The van der Waals surface area contributed by atoms with Crippen molar-refractivity contribution in [1.82, 2.24) is 0 Å². The van der Waals surface area contributed by atoms with E-state index >= 15 is 0 Å². The van der Waals surface area contributed by atoms with Crippen LogP contribution in [0.4, 0.5) is 0 Å². The van der Waals surface area contributed by atoms with E-state index in [-0.39, 0.29) is 5.41 Å². The van der Waals surface area contributed by atoms with Crippen molar-refractivity contribution in [3.05, 3.63) is 69.7 Å². The molecule has 0 radical (unpaired) electrons. The van der Waals surface area contributed by atoms with Crippen molar-refractivity contribution >= 4 is 15.9 Å². The van der Waals surface area contributed by atoms with Crippen molar-refractivity contribution in [2.24, 2.45) is 0 Å². The summed E-state index contributed by atoms with van der Waals surface area (Å²) in [6.07, 6.45) is 0.151. The van der Waals surface area contributed by atoms with Gasteiger partial charge in [0.05, 0.1) is 6.10 Å². The number of rotatable bonds is 3. The molecule has 2 heteroatoms. The average molecular weight is 333 g/mol. The molecule has 0 fully saturated rings. The Morgan fingerprint density at radius 3 is 2.15 bits per heavy atom. The number of hydrogen-bond donors (Lipinski definition) is 1. The Balaban J connectivity index is 2.13. The van der Waals surface area contributed by atoms with Crippen molar-refractivity contribution < 1.29 is 5.11 Å². The maximum atomic E-state index is 10.4. The van der Waals surface area contributed by atoms with Crippen LogP contribution in [0, 0.1) is 0 Å². The molecule has 0 amide bonds. The van der Waals surface area contributed by atoms with Gasteiger partial charge in [0.1, 0.15) is 0 Å². The third-order valence-corrected chi connectivity index (χ3v) is 4.24. The fraction of sp³-hybridized carbons (Fsp3) is 0.333. The van der Waals surface area contributed by atoms with Crippen LogP contribution in [0.15, 0.2) is 53.0 Å². The van der Waals surface area contributed by atoms with Gasteiger partial charge in [-0.1, -0.05) is 79.2 Å². The van der Waals surface area contributed by atoms with E-state index < -0.39 is 6.10 Å². The van der Waals surface area contributed by atoms with Gasteiger partial charge in [-0.15, -0.1) is 0 Å². The summed E-state index contributed by atoms with van der Waals surface area (Å²) in [6.45, 7) is 6.62. The third-order valence-electron chi connectivity index (χ3n) is 3.51. The second-order valence-corrected chi connectivity index (χ2v) is 7.04. The molecule has 1 atom stereocenters. The van der Waals surface area contributed by atoms with E-state index in [1.807, 2.05) is 24.3 Å². The van der Waals surface area contributed by atoms with E-state index in [1.165, 1.54) is 5.56 Å². The summed E-state index contributed by atoms with van der Waals surface area (Å²) in [4.78, 5) is 0. The highest BCUT2D eigenvalue weighted by atomic mass is 79.9. The van der Waals surface area contributed by atoms with Crippen LogP contribution in [0.3, 0.4) is 0 Å². The molecule has 0 heterocycles. The van der Waals surface area contributed by atoms with Crippen molar-refractivity contribution in [3.63, 3.8) is 0 Å². The van der Waals surface area contributed by atoms with Gasteiger partial charge in [-0.25, -0.2) is 0 Å². The largest absolute Gasteiger partial charge is 0.388 e. The maximum Gasteiger partial charge on any atom is 0.0841 e. The first kappa shape index (κ1) is 15.3. The van der Waals surface area contributed by atoms with Crippen LogP contribution in [-0.4, -0.2) is 5.11 Å². The molecule has 0 aliphatic rings. The molecule has 1 unspecified atom stereocenters. The molecule has 0 saturated carbocycles. The molecule has 2 rings (SSSR count). The first-order valence-electron chi connectivity index (χ1n) is 6.90. The normalized spacial score (nSPS) is 13.2. The van der Waals surface area contributed by atoms with Gasteiger partial charge in [0.2, 0.25) is 0 Å². The Bertz CT molecular complexity index is 567. The van der Waals surface area contributed by atoms with E-state index in [0.29, 0.717) is 6.42 Å². The number of aliphatic hydroxyl groups excluding tert-OH is 1. The Morgan fingerprint density at radius 1 is 1.00 bits per heavy atom. The van der Waals surface area contributed by atoms with Crippen LogP contribution in [0.2, 0.25) is 0 Å². The van der Waals surface area contributed by atoms with E-state index in [2.05, 4.69) is 61.0 Å². The van der Waals surface area contributed by atoms with Gasteiger partial charge in [0, 0.05) is 10.9 Å². The van der Waals surface area contributed by atoms with Crippen LogP contribution in [0.5, 0.6) is 0 Å². The number of benzene rings is 2. The zero-order chi connectivity index (χ0) is 14.8. The SMILES string of the molecule is CC(C)(C)c1ccc(CC(O)c2ccccc2Br)cc1. The smallest absolute Gasteiger partial charge is 0.0841 e. The van der Waals surface area contributed by atoms with Crippen LogP contribution in [0.1, 0.15) is 43.6 Å². The van der Waals surface area contributed by atoms with Crippen LogP contribution < -0.4 is 0 Å². The minimum absolute atomic E-state index is 0.166. The van der Waals surface area contributed by atoms with Crippen molar-refractivity contribution in [2.45, 2.75) is 38.7 Å². The summed E-state index contributed by atoms with van der Waals surface area (Å²) >= 11 is 3.49. The molecule has 0 saturated heterocycles. The lowest BCUT2D eigenvalue weighted by molar-refractivity contribution is 0.177. The molecule has 2 aromatic rings. The summed E-state index contributed by atoms with van der Waals surface area (Å²) in [5.74, 6) is 0. The molecule has 0 spiro atoms. The van der Waals surface area contributed by atoms with Gasteiger partial charge < -0.3 is 5.11 Å². The van der Waals surface area contributed by atoms with E-state index in [1.54, 1.807) is 0 Å². The second-order valence-electron chi connectivity index (χ2n) is 6.19. The molecular weight excluding hydrogens is 312 g/mol. The highest BCUT2D eigenvalue weighted by molar-refractivity contribution is 9.10. The highest BCUT2D eigenvalue weighted by Gasteiger charge is 2.15. The van der Waals surface area contributed by atoms with E-state index in [4.69, 9.17) is 0 Å². The molecule has 0 aromatic heterocycles. The van der Waals surface area contributed by atoms with Gasteiger partial charge in [0.25, 0.3) is 0 Å². The first-order chi connectivity index (χ1) is 9.38. The Hall–Kier alpha value is -1.12. The van der Waals surface area contributed by atoms with Crippen LogP contribution in [0.25, 0.3) is 0 Å². The number of halogens is 1. The van der Waals surface area contributed by atoms with Crippen molar-refractivity contribution in [1.29, 1.82) is 0 Å². The summed E-state index contributed by atoms with van der Waals surface area (Å²) in [5, 5.41) is 10.4. The quantitative estimate of drug-likeness (QED) is 0.836. The highest BCUT2D eigenvalue weighted by Crippen LogP contribution is 2.27. The predicted molar refractivity (Wildman–Crippen MR) is 87.9 cm³/mol. The predicted octanol–water partition coefficient (Wildman–Crippen LogP) is 5.02. The van der Waals surface area contributed by atoms with Crippen LogP contribution >= 0.6 is 15.9 Å². The Kier molecular flexibility index (Phi) is 4.66. The number of aliphatic hydroxyl groups is 1. The molecule has 106 valence electrons. The molecule has 1 N–H and O–H groups in total. The Labute approximate surface area is 129 Å². The zero-order valence-corrected chi connectivity index (χ0v) is 13.8. The monoisotopic (exact) mass is 332 g/mol. The van der Waals surface area contributed by atoms with E-state index in [0.717, 1.165) is 15.6 Å². The minimum Gasteiger partial charge on any atom is -0.388 e. The first-order valence-corrected chi connectivity index (χ1v) is 7.69. The van der Waals surface area contributed by atoms with Crippen LogP contribution in [-0.2, 0) is 11.8 Å². The third kappa shape index (κ3) is 3.71. The minimum atomic E-state index is -0.480. The van der Waals surface area contributed by atoms with E-state index in [9.17, 15) is 5.11 Å². The standard InChI is InChI=1S/C18H21BrO/c1-18(2,3)14-10-8-13(9-11-14)12-17(20)15-6-4-5-7-16(15)19/h4-11,17,20H,12H2,1-3H3. The zero-order valence-electron chi connectivity index (χ0n) is 12.2. The van der Waals surface area contributed by atoms with Gasteiger partial charge in [-0.2, -0.15) is 0 Å². The summed E-state index contributed by atoms with van der Waals surface area (Å²) in [6, 6.07) is 16.4. The summed E-state index contributed by atoms with van der Waals surface area (Å²) in [7, 11) is 0. The maximum absolute atomic E-state index is 10.4. The van der Waals surface area contributed by atoms with Crippen molar-refractivity contribution in [2.75, 3.05) is 0 Å². The van der Waals surface area contributed by atoms with Gasteiger partial charge >= 0.3 is 0 Å². The molecule has 0 aliphatic heterocycles. The molecule has 20 heavy (non-hydrogen) atoms. The molecule has 0 aliphatic carbocycles. The lowest BCUT2D eigenvalue weighted by atomic mass is 9.86.